The van der Waals surface area contributed by atoms with Crippen LogP contribution in [-0.4, -0.2) is 55.9 Å². The Kier molecular flexibility index (Phi) is 5.12. The van der Waals surface area contributed by atoms with E-state index >= 15 is 0 Å². The first-order chi connectivity index (χ1) is 14.6. The van der Waals surface area contributed by atoms with E-state index in [9.17, 15) is 4.79 Å². The number of pyridine rings is 1. The molecule has 1 N–H and O–H groups in total. The van der Waals surface area contributed by atoms with Gasteiger partial charge < -0.3 is 9.72 Å². The number of aromatic amines is 1. The third kappa shape index (κ3) is 3.54. The maximum Gasteiger partial charge on any atom is 0.262 e. The minimum atomic E-state index is -0.0799. The highest BCUT2D eigenvalue weighted by molar-refractivity contribution is 5.77. The van der Waals surface area contributed by atoms with Crippen LogP contribution in [0.25, 0.3) is 11.0 Å². The fourth-order valence-corrected chi connectivity index (χ4v) is 4.89. The van der Waals surface area contributed by atoms with Gasteiger partial charge in [-0.2, -0.15) is 5.10 Å². The lowest BCUT2D eigenvalue weighted by Gasteiger charge is -2.23. The number of rotatable bonds is 4. The van der Waals surface area contributed by atoms with Crippen molar-refractivity contribution in [3.8, 4) is 0 Å². The van der Waals surface area contributed by atoms with Gasteiger partial charge in [0.1, 0.15) is 11.2 Å². The van der Waals surface area contributed by atoms with E-state index in [0.717, 1.165) is 62.9 Å². The Balaban J connectivity index is 1.46. The zero-order chi connectivity index (χ0) is 20.7. The Morgan fingerprint density at radius 1 is 1.27 bits per heavy atom. The molecule has 30 heavy (non-hydrogen) atoms. The second kappa shape index (κ2) is 7.92. The van der Waals surface area contributed by atoms with E-state index in [1.54, 1.807) is 6.20 Å². The number of aryl methyl sites for hydroxylation is 1. The van der Waals surface area contributed by atoms with Crippen LogP contribution in [0.4, 0.5) is 0 Å². The zero-order valence-electron chi connectivity index (χ0n) is 17.5. The molecule has 0 bridgehead atoms. The van der Waals surface area contributed by atoms with Crippen LogP contribution < -0.4 is 5.56 Å². The molecule has 0 spiro atoms. The molecule has 3 aromatic rings. The Morgan fingerprint density at radius 2 is 2.10 bits per heavy atom. The standard InChI is InChI=1S/C22H28N6O2/c1-14-11-27(12-16-4-3-7-23-10-16)13-18(14)20-24-21-19(22(29)25-20)15(2)26-28(21)17-5-8-30-9-6-17/h3-4,7,10,14,17-18H,5-6,8-9,11-13H2,1-2H3,(H,24,25,29). The highest BCUT2D eigenvalue weighted by Gasteiger charge is 2.33. The summed E-state index contributed by atoms with van der Waals surface area (Å²) in [6, 6.07) is 4.31. The molecule has 2 aliphatic rings. The molecule has 158 valence electrons. The molecule has 8 heteroatoms. The SMILES string of the molecule is Cc1nn(C2CCOCC2)c2nc(C3CN(Cc4cccnc4)CC3C)[nH]c(=O)c12. The van der Waals surface area contributed by atoms with Gasteiger partial charge in [-0.05, 0) is 37.3 Å². The highest BCUT2D eigenvalue weighted by atomic mass is 16.5. The third-order valence-electron chi connectivity index (χ3n) is 6.46. The van der Waals surface area contributed by atoms with E-state index in [1.807, 2.05) is 23.9 Å². The van der Waals surface area contributed by atoms with Crippen molar-refractivity contribution < 1.29 is 4.74 Å². The lowest BCUT2D eigenvalue weighted by molar-refractivity contribution is 0.0672. The number of hydrogen-bond donors (Lipinski definition) is 1. The Morgan fingerprint density at radius 3 is 2.87 bits per heavy atom. The van der Waals surface area contributed by atoms with Crippen LogP contribution in [0.2, 0.25) is 0 Å². The Bertz CT molecular complexity index is 1090. The first-order valence-corrected chi connectivity index (χ1v) is 10.8. The molecule has 0 saturated carbocycles. The maximum atomic E-state index is 13.0. The highest BCUT2D eigenvalue weighted by Crippen LogP contribution is 2.32. The van der Waals surface area contributed by atoms with Gasteiger partial charge in [-0.25, -0.2) is 9.67 Å². The predicted octanol–water partition coefficient (Wildman–Crippen LogP) is 2.41. The molecule has 5 rings (SSSR count). The fourth-order valence-electron chi connectivity index (χ4n) is 4.89. The average Bonchev–Trinajstić information content (AvgIpc) is 3.29. The van der Waals surface area contributed by atoms with Gasteiger partial charge in [-0.1, -0.05) is 13.0 Å². The molecule has 2 fully saturated rings. The summed E-state index contributed by atoms with van der Waals surface area (Å²) < 4.78 is 7.48. The molecule has 2 saturated heterocycles. The van der Waals surface area contributed by atoms with Gasteiger partial charge in [-0.3, -0.25) is 14.7 Å². The lowest BCUT2D eigenvalue weighted by Crippen LogP contribution is -2.23. The van der Waals surface area contributed by atoms with Crippen molar-refractivity contribution in [1.29, 1.82) is 0 Å². The second-order valence-electron chi connectivity index (χ2n) is 8.66. The molecular weight excluding hydrogens is 380 g/mol. The van der Waals surface area contributed by atoms with E-state index in [4.69, 9.17) is 14.8 Å². The topological polar surface area (TPSA) is 88.9 Å². The van der Waals surface area contributed by atoms with Crippen molar-refractivity contribution in [2.24, 2.45) is 5.92 Å². The van der Waals surface area contributed by atoms with Gasteiger partial charge in [-0.15, -0.1) is 0 Å². The molecule has 2 aliphatic heterocycles. The van der Waals surface area contributed by atoms with Gasteiger partial charge in [0.05, 0.1) is 11.7 Å². The Hall–Kier alpha value is -2.58. The van der Waals surface area contributed by atoms with Crippen LogP contribution >= 0.6 is 0 Å². The summed E-state index contributed by atoms with van der Waals surface area (Å²) >= 11 is 0. The maximum absolute atomic E-state index is 13.0. The summed E-state index contributed by atoms with van der Waals surface area (Å²) in [5.74, 6) is 1.38. The molecule has 5 heterocycles. The van der Waals surface area contributed by atoms with Crippen LogP contribution in [0, 0.1) is 12.8 Å². The molecule has 8 nitrogen and oxygen atoms in total. The average molecular weight is 409 g/mol. The van der Waals surface area contributed by atoms with E-state index in [-0.39, 0.29) is 17.5 Å². The summed E-state index contributed by atoms with van der Waals surface area (Å²) in [5, 5.41) is 5.31. The van der Waals surface area contributed by atoms with Crippen LogP contribution in [0.15, 0.2) is 29.3 Å². The van der Waals surface area contributed by atoms with E-state index in [1.165, 1.54) is 5.56 Å². The molecule has 2 atom stereocenters. The largest absolute Gasteiger partial charge is 0.381 e. The van der Waals surface area contributed by atoms with Gasteiger partial charge in [0.25, 0.3) is 5.56 Å². The van der Waals surface area contributed by atoms with Crippen molar-refractivity contribution in [1.82, 2.24) is 29.6 Å². The second-order valence-corrected chi connectivity index (χ2v) is 8.66. The van der Waals surface area contributed by atoms with Crippen molar-refractivity contribution in [3.05, 3.63) is 52.0 Å². The van der Waals surface area contributed by atoms with Crippen molar-refractivity contribution in [3.63, 3.8) is 0 Å². The van der Waals surface area contributed by atoms with Crippen LogP contribution in [0.3, 0.4) is 0 Å². The summed E-state index contributed by atoms with van der Waals surface area (Å²) in [4.78, 5) is 27.6. The normalized spacial score (nSPS) is 23.4. The first-order valence-electron chi connectivity index (χ1n) is 10.8. The van der Waals surface area contributed by atoms with Gasteiger partial charge >= 0.3 is 0 Å². The molecule has 3 aromatic heterocycles. The van der Waals surface area contributed by atoms with Gasteiger partial charge in [0.15, 0.2) is 5.65 Å². The van der Waals surface area contributed by atoms with Crippen LogP contribution in [-0.2, 0) is 11.3 Å². The number of aromatic nitrogens is 5. The van der Waals surface area contributed by atoms with Gasteiger partial charge in [0, 0.05) is 51.2 Å². The van der Waals surface area contributed by atoms with Crippen LogP contribution in [0.1, 0.15) is 48.8 Å². The van der Waals surface area contributed by atoms with Gasteiger partial charge in [0.2, 0.25) is 0 Å². The fraction of sp³-hybridized carbons (Fsp3) is 0.545. The number of nitrogens with one attached hydrogen (secondary N) is 1. The minimum Gasteiger partial charge on any atom is -0.381 e. The molecule has 0 amide bonds. The number of likely N-dealkylation sites (tertiary alicyclic amines) is 1. The van der Waals surface area contributed by atoms with Crippen molar-refractivity contribution in [2.45, 2.75) is 45.2 Å². The summed E-state index contributed by atoms with van der Waals surface area (Å²) in [7, 11) is 0. The summed E-state index contributed by atoms with van der Waals surface area (Å²) in [6.07, 6.45) is 5.52. The number of nitrogens with zero attached hydrogens (tertiary/aromatic N) is 5. The molecule has 0 aromatic carbocycles. The quantitative estimate of drug-likeness (QED) is 0.713. The number of H-pyrrole nitrogens is 1. The van der Waals surface area contributed by atoms with E-state index in [2.05, 4.69) is 27.9 Å². The lowest BCUT2D eigenvalue weighted by atomic mass is 9.97. The molecular formula is C22H28N6O2. The monoisotopic (exact) mass is 408 g/mol. The smallest absolute Gasteiger partial charge is 0.262 e. The predicted molar refractivity (Wildman–Crippen MR) is 113 cm³/mol. The zero-order valence-corrected chi connectivity index (χ0v) is 17.5. The Labute approximate surface area is 175 Å². The first kappa shape index (κ1) is 19.4. The summed E-state index contributed by atoms with van der Waals surface area (Å²) in [5.41, 5.74) is 2.59. The minimum absolute atomic E-state index is 0.0799. The van der Waals surface area contributed by atoms with Crippen molar-refractivity contribution in [2.75, 3.05) is 26.3 Å². The van der Waals surface area contributed by atoms with Crippen molar-refractivity contribution >= 4 is 11.0 Å². The van der Waals surface area contributed by atoms with E-state index in [0.29, 0.717) is 11.3 Å². The number of fused-ring (bicyclic) bond motifs is 1. The summed E-state index contributed by atoms with van der Waals surface area (Å²) in [6.45, 7) is 8.28. The number of ether oxygens (including phenoxy) is 1. The molecule has 0 radical (unpaired) electrons. The molecule has 2 unspecified atom stereocenters. The third-order valence-corrected chi connectivity index (χ3v) is 6.46. The van der Waals surface area contributed by atoms with E-state index < -0.39 is 0 Å². The molecule has 0 aliphatic carbocycles. The number of hydrogen-bond acceptors (Lipinski definition) is 6. The van der Waals surface area contributed by atoms with Crippen LogP contribution in [0.5, 0.6) is 0 Å².